The van der Waals surface area contributed by atoms with E-state index in [0.717, 1.165) is 25.5 Å². The van der Waals surface area contributed by atoms with E-state index >= 15 is 0 Å². The predicted octanol–water partition coefficient (Wildman–Crippen LogP) is 4.74. The molecule has 32 heavy (non-hydrogen) atoms. The fourth-order valence-electron chi connectivity index (χ4n) is 3.67. The smallest absolute Gasteiger partial charge is 0.255 e. The lowest BCUT2D eigenvalue weighted by Crippen LogP contribution is -2.14. The summed E-state index contributed by atoms with van der Waals surface area (Å²) in [4.78, 5) is 25.2. The second-order valence-electron chi connectivity index (χ2n) is 7.74. The number of sulfone groups is 1. The number of halogens is 1. The number of carbonyl (C=O) groups excluding carboxylic acids is 2. The van der Waals surface area contributed by atoms with Crippen LogP contribution in [0.3, 0.4) is 0 Å². The molecule has 0 atom stereocenters. The number of carbonyl (C=O) groups is 2. The molecule has 0 bridgehead atoms. The van der Waals surface area contributed by atoms with Gasteiger partial charge in [0.05, 0.1) is 15.6 Å². The molecule has 6 nitrogen and oxygen atoms in total. The number of aryl methyl sites for hydroxylation is 2. The number of hydrogen-bond donors (Lipinski definition) is 2. The number of hydrogen-bond acceptors (Lipinski definition) is 4. The number of amides is 2. The van der Waals surface area contributed by atoms with Crippen LogP contribution in [-0.2, 0) is 22.7 Å². The molecule has 0 spiro atoms. The van der Waals surface area contributed by atoms with E-state index in [1.54, 1.807) is 18.2 Å². The molecule has 0 aromatic heterocycles. The second-order valence-corrected chi connectivity index (χ2v) is 10.2. The third-order valence-corrected chi connectivity index (χ3v) is 6.78. The van der Waals surface area contributed by atoms with Gasteiger partial charge in [-0.25, -0.2) is 8.42 Å². The SMILES string of the molecule is CS(=O)(=O)c1cccc(C(=O)Nc2ccc(NC(=O)c3ccc4c(c3)CCC4)cc2Cl)c1. The van der Waals surface area contributed by atoms with Crippen molar-refractivity contribution >= 4 is 44.6 Å². The summed E-state index contributed by atoms with van der Waals surface area (Å²) >= 11 is 6.31. The van der Waals surface area contributed by atoms with Crippen molar-refractivity contribution in [2.24, 2.45) is 0 Å². The van der Waals surface area contributed by atoms with Crippen molar-refractivity contribution in [3.63, 3.8) is 0 Å². The maximum Gasteiger partial charge on any atom is 0.255 e. The third-order valence-electron chi connectivity index (χ3n) is 5.36. The van der Waals surface area contributed by atoms with E-state index in [1.807, 2.05) is 18.2 Å². The van der Waals surface area contributed by atoms with Crippen LogP contribution in [0.4, 0.5) is 11.4 Å². The van der Waals surface area contributed by atoms with Crippen molar-refractivity contribution in [1.29, 1.82) is 0 Å². The van der Waals surface area contributed by atoms with Gasteiger partial charge in [-0.15, -0.1) is 0 Å². The van der Waals surface area contributed by atoms with Gasteiger partial charge in [-0.2, -0.15) is 0 Å². The fraction of sp³-hybridized carbons (Fsp3) is 0.167. The highest BCUT2D eigenvalue weighted by molar-refractivity contribution is 7.90. The highest BCUT2D eigenvalue weighted by Crippen LogP contribution is 2.27. The minimum absolute atomic E-state index is 0.0564. The molecule has 3 aromatic rings. The summed E-state index contributed by atoms with van der Waals surface area (Å²) < 4.78 is 23.4. The van der Waals surface area contributed by atoms with E-state index in [4.69, 9.17) is 11.6 Å². The van der Waals surface area contributed by atoms with Gasteiger partial charge in [0.25, 0.3) is 11.8 Å². The molecule has 0 unspecified atom stereocenters. The normalized spacial score (nSPS) is 12.8. The quantitative estimate of drug-likeness (QED) is 0.565. The van der Waals surface area contributed by atoms with Crippen molar-refractivity contribution in [2.45, 2.75) is 24.2 Å². The Morgan fingerprint density at radius 1 is 0.844 bits per heavy atom. The largest absolute Gasteiger partial charge is 0.322 e. The first-order chi connectivity index (χ1) is 15.2. The van der Waals surface area contributed by atoms with Crippen molar-refractivity contribution in [1.82, 2.24) is 0 Å². The Labute approximate surface area is 191 Å². The average Bonchev–Trinajstić information content (AvgIpc) is 3.23. The maximum atomic E-state index is 12.6. The molecular weight excluding hydrogens is 448 g/mol. The van der Waals surface area contributed by atoms with Crippen molar-refractivity contribution < 1.29 is 18.0 Å². The molecule has 4 rings (SSSR count). The first kappa shape index (κ1) is 22.0. The van der Waals surface area contributed by atoms with Gasteiger partial charge in [-0.1, -0.05) is 23.7 Å². The molecule has 2 amide bonds. The zero-order valence-corrected chi connectivity index (χ0v) is 18.9. The predicted molar refractivity (Wildman–Crippen MR) is 125 cm³/mol. The van der Waals surface area contributed by atoms with Crippen LogP contribution >= 0.6 is 11.6 Å². The van der Waals surface area contributed by atoms with Gasteiger partial charge in [0.1, 0.15) is 0 Å². The van der Waals surface area contributed by atoms with Crippen LogP contribution in [0.15, 0.2) is 65.6 Å². The molecule has 0 fully saturated rings. The zero-order chi connectivity index (χ0) is 22.9. The van der Waals surface area contributed by atoms with E-state index in [9.17, 15) is 18.0 Å². The number of nitrogens with one attached hydrogen (secondary N) is 2. The number of anilines is 2. The van der Waals surface area contributed by atoms with Crippen LogP contribution in [0, 0.1) is 0 Å². The van der Waals surface area contributed by atoms with Crippen LogP contribution in [0.1, 0.15) is 38.3 Å². The van der Waals surface area contributed by atoms with Crippen LogP contribution in [0.5, 0.6) is 0 Å². The minimum atomic E-state index is -3.43. The van der Waals surface area contributed by atoms with E-state index in [1.165, 1.54) is 35.4 Å². The first-order valence-electron chi connectivity index (χ1n) is 10.0. The Morgan fingerprint density at radius 3 is 2.31 bits per heavy atom. The van der Waals surface area contributed by atoms with Gasteiger partial charge in [-0.05, 0) is 78.9 Å². The molecule has 2 N–H and O–H groups in total. The van der Waals surface area contributed by atoms with Crippen molar-refractivity contribution in [3.05, 3.63) is 87.9 Å². The van der Waals surface area contributed by atoms with E-state index < -0.39 is 15.7 Å². The molecule has 1 aliphatic carbocycles. The van der Waals surface area contributed by atoms with Gasteiger partial charge in [0, 0.05) is 23.1 Å². The fourth-order valence-corrected chi connectivity index (χ4v) is 4.57. The summed E-state index contributed by atoms with van der Waals surface area (Å²) in [7, 11) is -3.43. The molecule has 0 saturated heterocycles. The molecule has 0 heterocycles. The molecule has 8 heteroatoms. The van der Waals surface area contributed by atoms with Crippen molar-refractivity contribution in [3.8, 4) is 0 Å². The molecule has 164 valence electrons. The maximum absolute atomic E-state index is 12.6. The van der Waals surface area contributed by atoms with E-state index in [0.29, 0.717) is 16.9 Å². The van der Waals surface area contributed by atoms with Crippen LogP contribution in [-0.4, -0.2) is 26.5 Å². The molecular formula is C24H21ClN2O4S. The third kappa shape index (κ3) is 4.84. The summed E-state index contributed by atoms with van der Waals surface area (Å²) in [6, 6.07) is 16.3. The number of fused-ring (bicyclic) bond motifs is 1. The highest BCUT2D eigenvalue weighted by Gasteiger charge is 2.16. The van der Waals surface area contributed by atoms with Gasteiger partial charge < -0.3 is 10.6 Å². The molecule has 0 saturated carbocycles. The lowest BCUT2D eigenvalue weighted by atomic mass is 10.1. The topological polar surface area (TPSA) is 92.3 Å². The Morgan fingerprint density at radius 2 is 1.56 bits per heavy atom. The Bertz CT molecular complexity index is 1340. The lowest BCUT2D eigenvalue weighted by molar-refractivity contribution is 0.101. The van der Waals surface area contributed by atoms with Gasteiger partial charge in [0.15, 0.2) is 9.84 Å². The second kappa shape index (κ2) is 8.76. The molecule has 0 radical (unpaired) electrons. The Hall–Kier alpha value is -3.16. The summed E-state index contributed by atoms with van der Waals surface area (Å²) in [5, 5.41) is 5.73. The Kier molecular flexibility index (Phi) is 6.04. The van der Waals surface area contributed by atoms with Crippen LogP contribution in [0.25, 0.3) is 0 Å². The molecule has 3 aromatic carbocycles. The standard InChI is InChI=1S/C24H21ClN2O4S/c1-32(30,31)20-7-3-6-17(13-20)24(29)27-22-11-10-19(14-21(22)25)26-23(28)18-9-8-15-4-2-5-16(15)12-18/h3,6-14H,2,4-5H2,1H3,(H,26,28)(H,27,29). The molecule has 0 aliphatic heterocycles. The van der Waals surface area contributed by atoms with Crippen molar-refractivity contribution in [2.75, 3.05) is 16.9 Å². The highest BCUT2D eigenvalue weighted by atomic mass is 35.5. The molecule has 1 aliphatic rings. The summed E-state index contributed by atoms with van der Waals surface area (Å²) in [6.07, 6.45) is 4.24. The first-order valence-corrected chi connectivity index (χ1v) is 12.3. The van der Waals surface area contributed by atoms with Gasteiger partial charge in [0.2, 0.25) is 0 Å². The van der Waals surface area contributed by atoms with Crippen LogP contribution < -0.4 is 10.6 Å². The summed E-state index contributed by atoms with van der Waals surface area (Å²) in [5.41, 5.74) is 4.14. The van der Waals surface area contributed by atoms with Gasteiger partial charge >= 0.3 is 0 Å². The van der Waals surface area contributed by atoms with Gasteiger partial charge in [-0.3, -0.25) is 9.59 Å². The van der Waals surface area contributed by atoms with Crippen LogP contribution in [0.2, 0.25) is 5.02 Å². The van der Waals surface area contributed by atoms with E-state index in [2.05, 4.69) is 10.6 Å². The monoisotopic (exact) mass is 468 g/mol. The average molecular weight is 469 g/mol. The summed E-state index contributed by atoms with van der Waals surface area (Å²) in [6.45, 7) is 0. The Balaban J connectivity index is 1.46. The number of rotatable bonds is 5. The summed E-state index contributed by atoms with van der Waals surface area (Å²) in [5.74, 6) is -0.725. The minimum Gasteiger partial charge on any atom is -0.322 e. The lowest BCUT2D eigenvalue weighted by Gasteiger charge is -2.11. The number of benzene rings is 3. The van der Waals surface area contributed by atoms with E-state index in [-0.39, 0.29) is 21.4 Å². The zero-order valence-electron chi connectivity index (χ0n) is 17.3.